The molecule has 0 aromatic rings. The van der Waals surface area contributed by atoms with Gasteiger partial charge in [0.15, 0.2) is 0 Å². The van der Waals surface area contributed by atoms with Crippen LogP contribution in [0.25, 0.3) is 0 Å². The van der Waals surface area contributed by atoms with E-state index in [1.165, 1.54) is 0 Å². The van der Waals surface area contributed by atoms with E-state index in [1.807, 2.05) is 27.7 Å². The minimum atomic E-state index is -3.77. The lowest BCUT2D eigenvalue weighted by Crippen LogP contribution is -2.18. The molecule has 0 radical (unpaired) electrons. The molecule has 12 heteroatoms. The molecule has 10 nitrogen and oxygen atoms in total. The second-order valence-corrected chi connectivity index (χ2v) is 13.2. The standard InChI is InChI=1S/C28H46N2O8P2/c1-5-9-19-35-39(33,36-20-10-6-2)27(31)29-25-17-13-16-24-23(25)15-14-18-26(24)30-28(32)40(34,37-21-11-7-3)38-22-12-8-4/h13-18,31-34H,5-12,19-22H2,1-4H3. The van der Waals surface area contributed by atoms with Gasteiger partial charge in [0.05, 0.1) is 37.9 Å². The Kier molecular flexibility index (Phi) is 15.8. The quantitative estimate of drug-likeness (QED) is 0.102. The first-order chi connectivity index (χ1) is 19.2. The van der Waals surface area contributed by atoms with Gasteiger partial charge in [0.25, 0.3) is 0 Å². The molecule has 2 rings (SSSR count). The van der Waals surface area contributed by atoms with E-state index < -0.39 is 26.3 Å². The van der Waals surface area contributed by atoms with Crippen molar-refractivity contribution in [1.29, 1.82) is 0 Å². The van der Waals surface area contributed by atoms with Crippen LogP contribution in [0.3, 0.4) is 0 Å². The molecule has 0 fully saturated rings. The fraction of sp³-hybridized carbons (Fsp3) is 0.571. The van der Waals surface area contributed by atoms with Crippen molar-refractivity contribution in [1.82, 2.24) is 0 Å². The van der Waals surface area contributed by atoms with Gasteiger partial charge in [-0.25, -0.2) is 9.98 Å². The van der Waals surface area contributed by atoms with Gasteiger partial charge in [0.2, 0.25) is 11.2 Å². The lowest BCUT2D eigenvalue weighted by Gasteiger charge is -2.23. The molecule has 0 unspecified atom stereocenters. The summed E-state index contributed by atoms with van der Waals surface area (Å²) in [5, 5.41) is 21.8. The van der Waals surface area contributed by atoms with E-state index in [1.54, 1.807) is 36.5 Å². The van der Waals surface area contributed by atoms with Crippen molar-refractivity contribution < 1.29 is 38.1 Å². The first-order valence-electron chi connectivity index (χ1n) is 14.1. The highest BCUT2D eigenvalue weighted by Gasteiger charge is 2.27. The number of unbranched alkanes of at least 4 members (excludes halogenated alkanes) is 4. The Morgan fingerprint density at radius 2 is 0.900 bits per heavy atom. The predicted molar refractivity (Wildman–Crippen MR) is 165 cm³/mol. The number of fused-ring (bicyclic) bond motifs is 1. The first-order valence-corrected chi connectivity index (χ1v) is 17.3. The summed E-state index contributed by atoms with van der Waals surface area (Å²) < 4.78 is 22.5. The summed E-state index contributed by atoms with van der Waals surface area (Å²) in [5.74, 6) is 0. The molecule has 0 amide bonds. The van der Waals surface area contributed by atoms with Crippen molar-refractivity contribution in [2.45, 2.75) is 79.1 Å². The van der Waals surface area contributed by atoms with Crippen LogP contribution in [0.5, 0.6) is 0 Å². The van der Waals surface area contributed by atoms with Crippen LogP contribution in [-0.2, 0) is 18.1 Å². The summed E-state index contributed by atoms with van der Waals surface area (Å²) in [7, 11) is -7.54. The van der Waals surface area contributed by atoms with E-state index in [2.05, 4.69) is 9.98 Å². The minimum Gasteiger partial charge on any atom is -0.340 e. The highest BCUT2D eigenvalue weighted by Crippen LogP contribution is 2.48. The Morgan fingerprint density at radius 1 is 0.600 bits per heavy atom. The van der Waals surface area contributed by atoms with E-state index >= 15 is 0 Å². The number of hydrogen-bond acceptors (Lipinski definition) is 6. The van der Waals surface area contributed by atoms with Gasteiger partial charge >= 0.3 is 15.1 Å². The van der Waals surface area contributed by atoms with Crippen LogP contribution in [0.15, 0.2) is 57.6 Å². The molecular formula is C28H46N2O8P2. The molecule has 0 atom stereocenters. The second-order valence-electron chi connectivity index (χ2n) is 9.26. The van der Waals surface area contributed by atoms with E-state index in [-0.39, 0.29) is 26.4 Å². The Balaban J connectivity index is 2.45. The van der Waals surface area contributed by atoms with Crippen molar-refractivity contribution in [3.63, 3.8) is 0 Å². The van der Waals surface area contributed by atoms with Gasteiger partial charge in [-0.15, -0.1) is 0 Å². The molecule has 4 N–H and O–H groups in total. The molecule has 0 bridgehead atoms. The van der Waals surface area contributed by atoms with E-state index in [0.717, 1.165) is 25.7 Å². The van der Waals surface area contributed by atoms with Crippen LogP contribution in [0.1, 0.15) is 79.1 Å². The SMILES string of the molecule is CCCCOP(O)(OCCCC)=C(O)N=C1C=CC=C2C1=CC=CC2=NC(O)=P(O)(OCCCC)OCCCC. The molecule has 0 heterocycles. The van der Waals surface area contributed by atoms with Crippen molar-refractivity contribution in [2.24, 2.45) is 9.98 Å². The zero-order valence-electron chi connectivity index (χ0n) is 24.2. The van der Waals surface area contributed by atoms with Crippen molar-refractivity contribution in [3.05, 3.63) is 47.6 Å². The maximum Gasteiger partial charge on any atom is 0.305 e. The number of aliphatic imine (C=N–C) groups is 2. The average Bonchev–Trinajstić information content (AvgIpc) is 2.94. The van der Waals surface area contributed by atoms with Gasteiger partial charge in [-0.05, 0) is 37.8 Å². The third-order valence-electron chi connectivity index (χ3n) is 5.88. The number of allylic oxidation sites excluding steroid dienone is 8. The fourth-order valence-electron chi connectivity index (χ4n) is 3.45. The van der Waals surface area contributed by atoms with Gasteiger partial charge < -0.3 is 38.1 Å². The summed E-state index contributed by atoms with van der Waals surface area (Å²) in [5.41, 5.74) is 0.670. The average molecular weight is 601 g/mol. The molecule has 0 spiro atoms. The minimum absolute atomic E-state index is 0.229. The Labute approximate surface area is 238 Å². The summed E-state index contributed by atoms with van der Waals surface area (Å²) >= 11 is 0. The zero-order chi connectivity index (χ0) is 29.4. The normalized spacial score (nSPS) is 17.3. The summed E-state index contributed by atoms with van der Waals surface area (Å²) in [6.45, 7) is 8.91. The van der Waals surface area contributed by atoms with Crippen molar-refractivity contribution >= 4 is 37.8 Å². The van der Waals surface area contributed by atoms with Gasteiger partial charge in [-0.3, -0.25) is 0 Å². The van der Waals surface area contributed by atoms with Gasteiger partial charge in [0.1, 0.15) is 0 Å². The van der Waals surface area contributed by atoms with Crippen LogP contribution >= 0.6 is 15.1 Å². The summed E-state index contributed by atoms with van der Waals surface area (Å²) in [6.07, 6.45) is 16.6. The van der Waals surface area contributed by atoms with Gasteiger partial charge in [-0.2, -0.15) is 0 Å². The topological polar surface area (TPSA) is 143 Å². The number of hydrogen-bond donors (Lipinski definition) is 4. The molecular weight excluding hydrogens is 554 g/mol. The number of aliphatic hydroxyl groups is 2. The number of nitrogens with zero attached hydrogens (tertiary/aromatic N) is 2. The predicted octanol–water partition coefficient (Wildman–Crippen LogP) is 6.56. The molecule has 2 aliphatic carbocycles. The molecule has 0 saturated heterocycles. The smallest absolute Gasteiger partial charge is 0.305 e. The third kappa shape index (κ3) is 10.4. The van der Waals surface area contributed by atoms with Crippen molar-refractivity contribution in [2.75, 3.05) is 26.4 Å². The van der Waals surface area contributed by atoms with Crippen LogP contribution in [0.2, 0.25) is 0 Å². The monoisotopic (exact) mass is 600 g/mol. The van der Waals surface area contributed by atoms with Crippen LogP contribution < -0.4 is 0 Å². The molecule has 226 valence electrons. The highest BCUT2D eigenvalue weighted by atomic mass is 31.2. The first kappa shape index (κ1) is 34.8. The van der Waals surface area contributed by atoms with Crippen molar-refractivity contribution in [3.8, 4) is 0 Å². The molecule has 0 aromatic heterocycles. The fourth-order valence-corrected chi connectivity index (χ4v) is 6.04. The number of aliphatic hydroxyl groups excluding tert-OH is 2. The Bertz CT molecular complexity index is 1020. The van der Waals surface area contributed by atoms with E-state index in [0.29, 0.717) is 48.3 Å². The molecule has 0 aromatic carbocycles. The molecule has 2 aliphatic rings. The van der Waals surface area contributed by atoms with Crippen LogP contribution in [-0.4, -0.2) is 69.1 Å². The maximum absolute atomic E-state index is 11.1. The Morgan fingerprint density at radius 3 is 1.18 bits per heavy atom. The molecule has 0 saturated carbocycles. The Hall–Kier alpha value is -1.42. The zero-order valence-corrected chi connectivity index (χ0v) is 25.9. The maximum atomic E-state index is 11.1. The van der Waals surface area contributed by atoms with Gasteiger partial charge in [-0.1, -0.05) is 77.7 Å². The highest BCUT2D eigenvalue weighted by molar-refractivity contribution is 7.61. The van der Waals surface area contributed by atoms with Crippen LogP contribution in [0, 0.1) is 0 Å². The summed E-state index contributed by atoms with van der Waals surface area (Å²) in [6, 6.07) is 0. The third-order valence-corrected chi connectivity index (χ3v) is 9.22. The largest absolute Gasteiger partial charge is 0.340 e. The molecule has 0 aliphatic heterocycles. The van der Waals surface area contributed by atoms with E-state index in [4.69, 9.17) is 18.1 Å². The number of rotatable bonds is 18. The lowest BCUT2D eigenvalue weighted by atomic mass is 9.89. The molecule has 40 heavy (non-hydrogen) atoms. The van der Waals surface area contributed by atoms with Crippen LogP contribution in [0.4, 0.5) is 0 Å². The van der Waals surface area contributed by atoms with Gasteiger partial charge in [0, 0.05) is 11.1 Å². The lowest BCUT2D eigenvalue weighted by molar-refractivity contribution is 0.186. The second kappa shape index (κ2) is 18.2. The van der Waals surface area contributed by atoms with E-state index in [9.17, 15) is 20.0 Å². The summed E-state index contributed by atoms with van der Waals surface area (Å²) in [4.78, 5) is 30.8.